The molecule has 4 aromatic rings. The molecule has 0 saturated carbocycles. The van der Waals surface area contributed by atoms with Gasteiger partial charge in [-0.15, -0.1) is 0 Å². The Labute approximate surface area is 119 Å². The minimum absolute atomic E-state index is 0.589. The molecule has 3 heterocycles. The zero-order chi connectivity index (χ0) is 14.1. The van der Waals surface area contributed by atoms with Crippen LogP contribution in [0.1, 0.15) is 5.89 Å². The van der Waals surface area contributed by atoms with Crippen LogP contribution in [0, 0.1) is 0 Å². The Hall–Kier alpha value is -2.96. The topological polar surface area (TPSA) is 85.4 Å². The van der Waals surface area contributed by atoms with E-state index in [1.165, 1.54) is 6.33 Å². The Morgan fingerprint density at radius 3 is 3.10 bits per heavy atom. The third-order valence-electron chi connectivity index (χ3n) is 3.32. The predicted octanol–water partition coefficient (Wildman–Crippen LogP) is 2.05. The maximum Gasteiger partial charge on any atom is 0.228 e. The minimum atomic E-state index is 0.589. The molecule has 4 rings (SSSR count). The van der Waals surface area contributed by atoms with E-state index in [9.17, 15) is 0 Å². The van der Waals surface area contributed by atoms with Gasteiger partial charge in [0.1, 0.15) is 12.7 Å². The third kappa shape index (κ3) is 2.18. The van der Waals surface area contributed by atoms with Crippen molar-refractivity contribution in [1.82, 2.24) is 29.9 Å². The second-order valence-electron chi connectivity index (χ2n) is 4.67. The third-order valence-corrected chi connectivity index (χ3v) is 3.32. The van der Waals surface area contributed by atoms with Gasteiger partial charge >= 0.3 is 0 Å². The van der Waals surface area contributed by atoms with Crippen molar-refractivity contribution in [2.75, 3.05) is 0 Å². The van der Waals surface area contributed by atoms with Crippen LogP contribution in [0.25, 0.3) is 22.3 Å². The Morgan fingerprint density at radius 2 is 2.19 bits per heavy atom. The number of H-pyrrole nitrogens is 1. The van der Waals surface area contributed by atoms with Crippen molar-refractivity contribution in [2.45, 2.75) is 13.0 Å². The van der Waals surface area contributed by atoms with E-state index in [0.717, 1.165) is 16.5 Å². The van der Waals surface area contributed by atoms with E-state index in [0.29, 0.717) is 24.7 Å². The van der Waals surface area contributed by atoms with Gasteiger partial charge in [0, 0.05) is 29.1 Å². The Kier molecular flexibility index (Phi) is 2.74. The quantitative estimate of drug-likeness (QED) is 0.618. The molecule has 0 bridgehead atoms. The van der Waals surface area contributed by atoms with Crippen LogP contribution >= 0.6 is 0 Å². The van der Waals surface area contributed by atoms with Crippen LogP contribution in [0.2, 0.25) is 0 Å². The van der Waals surface area contributed by atoms with E-state index in [1.807, 2.05) is 30.5 Å². The fourth-order valence-corrected chi connectivity index (χ4v) is 2.28. The van der Waals surface area contributed by atoms with Crippen LogP contribution in [0.5, 0.6) is 0 Å². The predicted molar refractivity (Wildman–Crippen MR) is 75.3 cm³/mol. The van der Waals surface area contributed by atoms with Gasteiger partial charge in [-0.1, -0.05) is 23.4 Å². The summed E-state index contributed by atoms with van der Waals surface area (Å²) in [4.78, 5) is 11.5. The molecule has 0 aliphatic heterocycles. The van der Waals surface area contributed by atoms with Crippen molar-refractivity contribution in [3.63, 3.8) is 0 Å². The molecule has 0 aliphatic rings. The fraction of sp³-hybridized carbons (Fsp3) is 0.143. The van der Waals surface area contributed by atoms with E-state index in [1.54, 1.807) is 11.0 Å². The lowest BCUT2D eigenvalue weighted by atomic mass is 10.2. The summed E-state index contributed by atoms with van der Waals surface area (Å²) in [6.07, 6.45) is 5.69. The summed E-state index contributed by atoms with van der Waals surface area (Å²) in [6.45, 7) is 0.662. The molecule has 1 N–H and O–H groups in total. The summed E-state index contributed by atoms with van der Waals surface area (Å²) < 4.78 is 7.03. The normalized spacial score (nSPS) is 11.2. The monoisotopic (exact) mass is 280 g/mol. The lowest BCUT2D eigenvalue weighted by Gasteiger charge is -1.94. The molecule has 0 atom stereocenters. The molecule has 1 aromatic carbocycles. The van der Waals surface area contributed by atoms with E-state index >= 15 is 0 Å². The summed E-state index contributed by atoms with van der Waals surface area (Å²) in [6, 6.07) is 8.03. The van der Waals surface area contributed by atoms with Crippen LogP contribution in [-0.4, -0.2) is 29.9 Å². The van der Waals surface area contributed by atoms with Gasteiger partial charge in [-0.2, -0.15) is 10.1 Å². The lowest BCUT2D eigenvalue weighted by Crippen LogP contribution is -2.01. The number of aromatic nitrogens is 6. The number of nitrogens with one attached hydrogen (secondary N) is 1. The number of aryl methyl sites for hydroxylation is 2. The zero-order valence-corrected chi connectivity index (χ0v) is 11.1. The average Bonchev–Trinajstić information content (AvgIpc) is 3.25. The van der Waals surface area contributed by atoms with Crippen molar-refractivity contribution in [1.29, 1.82) is 0 Å². The number of fused-ring (bicyclic) bond motifs is 1. The molecule has 0 fully saturated rings. The van der Waals surface area contributed by atoms with Gasteiger partial charge in [0.15, 0.2) is 0 Å². The molecule has 21 heavy (non-hydrogen) atoms. The highest BCUT2D eigenvalue weighted by Gasteiger charge is 2.12. The Balaban J connectivity index is 1.59. The number of aromatic amines is 1. The molecule has 0 aliphatic carbocycles. The molecular formula is C14H12N6O. The number of nitrogens with zero attached hydrogens (tertiary/aromatic N) is 5. The molecule has 0 saturated heterocycles. The van der Waals surface area contributed by atoms with Crippen molar-refractivity contribution < 1.29 is 4.52 Å². The van der Waals surface area contributed by atoms with Gasteiger partial charge in [0.2, 0.25) is 11.7 Å². The van der Waals surface area contributed by atoms with Crippen molar-refractivity contribution in [2.24, 2.45) is 0 Å². The zero-order valence-electron chi connectivity index (χ0n) is 11.1. The van der Waals surface area contributed by atoms with Gasteiger partial charge < -0.3 is 9.51 Å². The first-order valence-corrected chi connectivity index (χ1v) is 6.61. The minimum Gasteiger partial charge on any atom is -0.360 e. The molecule has 104 valence electrons. The van der Waals surface area contributed by atoms with Crippen molar-refractivity contribution in [3.05, 3.63) is 49.0 Å². The lowest BCUT2D eigenvalue weighted by molar-refractivity contribution is 0.369. The summed E-state index contributed by atoms with van der Waals surface area (Å²) in [7, 11) is 0. The maximum atomic E-state index is 5.30. The van der Waals surface area contributed by atoms with E-state index in [4.69, 9.17) is 4.52 Å². The second kappa shape index (κ2) is 4.86. The number of para-hydroxylation sites is 1. The molecular weight excluding hydrogens is 268 g/mol. The number of benzene rings is 1. The highest BCUT2D eigenvalue weighted by molar-refractivity contribution is 5.93. The van der Waals surface area contributed by atoms with Gasteiger partial charge in [-0.05, 0) is 6.07 Å². The number of rotatable bonds is 4. The van der Waals surface area contributed by atoms with Crippen molar-refractivity contribution >= 4 is 10.9 Å². The average molecular weight is 280 g/mol. The molecule has 0 radical (unpaired) electrons. The van der Waals surface area contributed by atoms with Crippen LogP contribution in [0.3, 0.4) is 0 Å². The van der Waals surface area contributed by atoms with Gasteiger partial charge in [-0.25, -0.2) is 4.98 Å². The Bertz CT molecular complexity index is 861. The molecule has 7 heteroatoms. The van der Waals surface area contributed by atoms with Crippen LogP contribution < -0.4 is 0 Å². The molecule has 7 nitrogen and oxygen atoms in total. The van der Waals surface area contributed by atoms with Crippen molar-refractivity contribution in [3.8, 4) is 11.4 Å². The van der Waals surface area contributed by atoms with Crippen LogP contribution in [-0.2, 0) is 13.0 Å². The first kappa shape index (κ1) is 11.8. The standard InChI is InChI=1S/C14H12N6O/c1-2-4-12-10(3-1)11(7-16-12)14-18-13(21-19-14)5-6-20-9-15-8-17-20/h1-4,7-9,16H,5-6H2. The van der Waals surface area contributed by atoms with E-state index < -0.39 is 0 Å². The largest absolute Gasteiger partial charge is 0.360 e. The second-order valence-corrected chi connectivity index (χ2v) is 4.67. The first-order chi connectivity index (χ1) is 10.4. The summed E-state index contributed by atoms with van der Waals surface area (Å²) in [5, 5.41) is 9.18. The van der Waals surface area contributed by atoms with Gasteiger partial charge in [0.05, 0.1) is 6.54 Å². The van der Waals surface area contributed by atoms with E-state index in [-0.39, 0.29) is 0 Å². The first-order valence-electron chi connectivity index (χ1n) is 6.61. The van der Waals surface area contributed by atoms with Crippen LogP contribution in [0.4, 0.5) is 0 Å². The molecule has 0 spiro atoms. The molecule has 0 amide bonds. The number of hydrogen-bond donors (Lipinski definition) is 1. The van der Waals surface area contributed by atoms with E-state index in [2.05, 4.69) is 25.2 Å². The maximum absolute atomic E-state index is 5.30. The molecule has 0 unspecified atom stereocenters. The van der Waals surface area contributed by atoms with Gasteiger partial charge in [-0.3, -0.25) is 4.68 Å². The summed E-state index contributed by atoms with van der Waals surface area (Å²) in [5.74, 6) is 1.19. The number of hydrogen-bond acceptors (Lipinski definition) is 5. The Morgan fingerprint density at radius 1 is 1.24 bits per heavy atom. The highest BCUT2D eigenvalue weighted by atomic mass is 16.5. The SMILES string of the molecule is c1ccc2c(-c3noc(CCn4cncn4)n3)c[nH]c2c1. The molecule has 3 aromatic heterocycles. The summed E-state index contributed by atoms with van der Waals surface area (Å²) >= 11 is 0. The fourth-order valence-electron chi connectivity index (χ4n) is 2.28. The highest BCUT2D eigenvalue weighted by Crippen LogP contribution is 2.26. The van der Waals surface area contributed by atoms with Gasteiger partial charge in [0.25, 0.3) is 0 Å². The summed E-state index contributed by atoms with van der Waals surface area (Å²) in [5.41, 5.74) is 2.00. The van der Waals surface area contributed by atoms with Crippen LogP contribution in [0.15, 0.2) is 47.6 Å². The smallest absolute Gasteiger partial charge is 0.228 e.